The molecule has 0 fully saturated rings. The molecule has 16 heavy (non-hydrogen) atoms. The number of hydrogen-bond donors (Lipinski definition) is 1. The first kappa shape index (κ1) is 12.8. The summed E-state index contributed by atoms with van der Waals surface area (Å²) in [4.78, 5) is 22.3. The van der Waals surface area contributed by atoms with Crippen molar-refractivity contribution in [3.05, 3.63) is 34.2 Å². The average Bonchev–Trinajstić information content (AvgIpc) is 2.21. The number of pyridine rings is 1. The number of aromatic carboxylic acids is 1. The van der Waals surface area contributed by atoms with Gasteiger partial charge in [-0.1, -0.05) is 6.92 Å². The van der Waals surface area contributed by atoms with E-state index in [2.05, 4.69) is 0 Å². The fourth-order valence-corrected chi connectivity index (χ4v) is 2.15. The molecule has 1 unspecified atom stereocenters. The van der Waals surface area contributed by atoms with Crippen molar-refractivity contribution in [1.82, 2.24) is 4.57 Å². The fraction of sp³-hybridized carbons (Fsp3) is 0.455. The van der Waals surface area contributed by atoms with Crippen molar-refractivity contribution in [3.63, 3.8) is 0 Å². The minimum Gasteiger partial charge on any atom is -0.478 e. The minimum absolute atomic E-state index is 0.149. The van der Waals surface area contributed by atoms with Crippen molar-refractivity contribution in [3.8, 4) is 0 Å². The molecule has 0 amide bonds. The van der Waals surface area contributed by atoms with Gasteiger partial charge < -0.3 is 9.67 Å². The molecule has 0 spiro atoms. The first-order valence-corrected chi connectivity index (χ1v) is 6.36. The van der Waals surface area contributed by atoms with E-state index in [1.165, 1.54) is 22.9 Å². The smallest absolute Gasteiger partial charge is 0.337 e. The summed E-state index contributed by atoms with van der Waals surface area (Å²) in [7, 11) is 0. The molecule has 0 aromatic carbocycles. The van der Waals surface area contributed by atoms with Crippen LogP contribution in [0.4, 0.5) is 0 Å². The van der Waals surface area contributed by atoms with Crippen molar-refractivity contribution in [2.75, 3.05) is 12.0 Å². The van der Waals surface area contributed by atoms with Gasteiger partial charge in [0.15, 0.2) is 0 Å². The average molecular weight is 241 g/mol. The predicted molar refractivity (Wildman–Crippen MR) is 65.2 cm³/mol. The Balaban J connectivity index is 2.90. The number of carboxylic acid groups (broad SMARTS) is 1. The lowest BCUT2D eigenvalue weighted by Crippen LogP contribution is -2.24. The van der Waals surface area contributed by atoms with Crippen molar-refractivity contribution >= 4 is 17.7 Å². The first-order chi connectivity index (χ1) is 7.54. The van der Waals surface area contributed by atoms with Crippen LogP contribution in [0.5, 0.6) is 0 Å². The monoisotopic (exact) mass is 241 g/mol. The number of carboxylic acids is 1. The lowest BCUT2D eigenvalue weighted by atomic mass is 10.2. The lowest BCUT2D eigenvalue weighted by molar-refractivity contribution is 0.0695. The van der Waals surface area contributed by atoms with Gasteiger partial charge in [0.25, 0.3) is 5.56 Å². The second-order valence-electron chi connectivity index (χ2n) is 3.77. The van der Waals surface area contributed by atoms with Crippen molar-refractivity contribution in [2.24, 2.45) is 5.92 Å². The first-order valence-electron chi connectivity index (χ1n) is 4.97. The fourth-order valence-electron chi connectivity index (χ4n) is 1.47. The van der Waals surface area contributed by atoms with Gasteiger partial charge in [0.1, 0.15) is 0 Å². The standard InChI is InChI=1S/C11H15NO3S/c1-8(7-16-2)5-12-6-9(11(14)15)3-4-10(12)13/h3-4,6,8H,5,7H2,1-2H3,(H,14,15). The van der Waals surface area contributed by atoms with Crippen LogP contribution in [0.3, 0.4) is 0 Å². The van der Waals surface area contributed by atoms with E-state index in [9.17, 15) is 9.59 Å². The lowest BCUT2D eigenvalue weighted by Gasteiger charge is -2.12. The second kappa shape index (κ2) is 5.75. The Morgan fingerprint density at radius 2 is 2.25 bits per heavy atom. The summed E-state index contributed by atoms with van der Waals surface area (Å²) in [6.45, 7) is 2.59. The van der Waals surface area contributed by atoms with Gasteiger partial charge in [-0.15, -0.1) is 0 Å². The van der Waals surface area contributed by atoms with E-state index < -0.39 is 5.97 Å². The Hall–Kier alpha value is -1.23. The molecule has 88 valence electrons. The number of nitrogens with zero attached hydrogens (tertiary/aromatic N) is 1. The van der Waals surface area contributed by atoms with Crippen molar-refractivity contribution in [1.29, 1.82) is 0 Å². The summed E-state index contributed by atoms with van der Waals surface area (Å²) in [5.41, 5.74) is -0.00564. The number of thioether (sulfide) groups is 1. The molecule has 1 aromatic heterocycles. The van der Waals surface area contributed by atoms with E-state index in [0.717, 1.165) is 5.75 Å². The molecule has 5 heteroatoms. The van der Waals surface area contributed by atoms with E-state index in [4.69, 9.17) is 5.11 Å². The van der Waals surface area contributed by atoms with Gasteiger partial charge in [0.05, 0.1) is 5.56 Å². The quantitative estimate of drug-likeness (QED) is 0.849. The molecule has 0 saturated carbocycles. The van der Waals surface area contributed by atoms with Gasteiger partial charge in [-0.2, -0.15) is 11.8 Å². The molecule has 0 bridgehead atoms. The zero-order chi connectivity index (χ0) is 12.1. The third-order valence-electron chi connectivity index (χ3n) is 2.19. The highest BCUT2D eigenvalue weighted by Gasteiger charge is 2.08. The van der Waals surface area contributed by atoms with Crippen molar-refractivity contribution in [2.45, 2.75) is 13.5 Å². The number of carbonyl (C=O) groups is 1. The molecule has 4 nitrogen and oxygen atoms in total. The number of rotatable bonds is 5. The van der Waals surface area contributed by atoms with E-state index >= 15 is 0 Å². The molecule has 1 N–H and O–H groups in total. The molecular weight excluding hydrogens is 226 g/mol. The maximum Gasteiger partial charge on any atom is 0.337 e. The molecule has 1 rings (SSSR count). The van der Waals surface area contributed by atoms with Crippen LogP contribution in [0.25, 0.3) is 0 Å². The highest BCUT2D eigenvalue weighted by Crippen LogP contribution is 2.07. The van der Waals surface area contributed by atoms with Crippen molar-refractivity contribution < 1.29 is 9.90 Å². The third-order valence-corrected chi connectivity index (χ3v) is 3.09. The third kappa shape index (κ3) is 3.41. The van der Waals surface area contributed by atoms with Crippen LogP contribution in [0, 0.1) is 5.92 Å². The van der Waals surface area contributed by atoms with Gasteiger partial charge in [-0.25, -0.2) is 4.79 Å². The summed E-state index contributed by atoms with van der Waals surface area (Å²) < 4.78 is 1.46. The maximum atomic E-state index is 11.5. The minimum atomic E-state index is -1.01. The van der Waals surface area contributed by atoms with E-state index in [0.29, 0.717) is 12.5 Å². The van der Waals surface area contributed by atoms with Crippen LogP contribution in [0.2, 0.25) is 0 Å². The Bertz CT molecular complexity index is 427. The summed E-state index contributed by atoms with van der Waals surface area (Å²) in [6.07, 6.45) is 3.41. The molecule has 1 heterocycles. The molecule has 1 atom stereocenters. The molecule has 0 saturated heterocycles. The summed E-state index contributed by atoms with van der Waals surface area (Å²) in [5, 5.41) is 8.82. The predicted octanol–water partition coefficient (Wildman–Crippen LogP) is 1.55. The summed E-state index contributed by atoms with van der Waals surface area (Å²) >= 11 is 1.71. The second-order valence-corrected chi connectivity index (χ2v) is 4.68. The van der Waals surface area contributed by atoms with Gasteiger partial charge in [-0.3, -0.25) is 4.79 Å². The molecule has 0 aliphatic carbocycles. The van der Waals surface area contributed by atoms with Gasteiger partial charge in [0.2, 0.25) is 0 Å². The van der Waals surface area contributed by atoms with Crippen LogP contribution in [-0.4, -0.2) is 27.7 Å². The normalized spacial score (nSPS) is 12.4. The van der Waals surface area contributed by atoms with Crippen LogP contribution in [0.1, 0.15) is 17.3 Å². The summed E-state index contributed by atoms with van der Waals surface area (Å²) in [5.74, 6) is 0.284. The van der Waals surface area contributed by atoms with Crippen LogP contribution in [-0.2, 0) is 6.54 Å². The summed E-state index contributed by atoms with van der Waals surface area (Å²) in [6, 6.07) is 2.63. The molecule has 0 radical (unpaired) electrons. The van der Waals surface area contributed by atoms with E-state index in [1.54, 1.807) is 11.8 Å². The van der Waals surface area contributed by atoms with Gasteiger partial charge in [0, 0.05) is 18.8 Å². The largest absolute Gasteiger partial charge is 0.478 e. The van der Waals surface area contributed by atoms with Crippen LogP contribution >= 0.6 is 11.8 Å². The zero-order valence-electron chi connectivity index (χ0n) is 9.34. The van der Waals surface area contributed by atoms with Gasteiger partial charge >= 0.3 is 5.97 Å². The Morgan fingerprint density at radius 3 is 2.81 bits per heavy atom. The topological polar surface area (TPSA) is 59.3 Å². The molecule has 0 aliphatic heterocycles. The highest BCUT2D eigenvalue weighted by atomic mass is 32.2. The Morgan fingerprint density at radius 1 is 1.56 bits per heavy atom. The SMILES string of the molecule is CSCC(C)Cn1cc(C(=O)O)ccc1=O. The number of aromatic nitrogens is 1. The van der Waals surface area contributed by atoms with Crippen LogP contribution < -0.4 is 5.56 Å². The molecule has 0 aliphatic rings. The zero-order valence-corrected chi connectivity index (χ0v) is 10.2. The van der Waals surface area contributed by atoms with Gasteiger partial charge in [-0.05, 0) is 24.0 Å². The van der Waals surface area contributed by atoms with E-state index in [1.807, 2.05) is 13.2 Å². The maximum absolute atomic E-state index is 11.5. The Labute approximate surface area is 98.3 Å². The Kier molecular flexibility index (Phi) is 4.61. The molecular formula is C11H15NO3S. The molecule has 1 aromatic rings. The number of hydrogen-bond acceptors (Lipinski definition) is 3. The highest BCUT2D eigenvalue weighted by molar-refractivity contribution is 7.98. The van der Waals surface area contributed by atoms with Crippen LogP contribution in [0.15, 0.2) is 23.1 Å². The van der Waals surface area contributed by atoms with E-state index in [-0.39, 0.29) is 11.1 Å².